The molecule has 0 aromatic carbocycles. The number of hydrogen-bond donors (Lipinski definition) is 2. The van der Waals surface area contributed by atoms with Gasteiger partial charge in [0, 0.05) is 12.0 Å². The van der Waals surface area contributed by atoms with E-state index >= 15 is 0 Å². The summed E-state index contributed by atoms with van der Waals surface area (Å²) in [6, 6.07) is 0. The smallest absolute Gasteiger partial charge is 0.0715 e. The highest BCUT2D eigenvalue weighted by atomic mass is 16.3. The predicted molar refractivity (Wildman–Crippen MR) is 83.1 cm³/mol. The van der Waals surface area contributed by atoms with Crippen LogP contribution in [0.25, 0.3) is 0 Å². The van der Waals surface area contributed by atoms with Crippen molar-refractivity contribution in [2.75, 3.05) is 6.54 Å². The average Bonchev–Trinajstić information content (AvgIpc) is 2.40. The standard InChI is InChI=1S/C17H35NO/c1-4-7-15-8-12-16(14-18,13-9-15)17(19,10-5-2)11-6-3/h15,19H,4-14,18H2,1-3H3. The van der Waals surface area contributed by atoms with Gasteiger partial charge in [-0.1, -0.05) is 46.5 Å². The van der Waals surface area contributed by atoms with Gasteiger partial charge in [0.15, 0.2) is 0 Å². The Labute approximate surface area is 120 Å². The largest absolute Gasteiger partial charge is 0.389 e. The lowest BCUT2D eigenvalue weighted by Crippen LogP contribution is -2.54. The van der Waals surface area contributed by atoms with Crippen molar-refractivity contribution < 1.29 is 5.11 Å². The van der Waals surface area contributed by atoms with Gasteiger partial charge < -0.3 is 10.8 Å². The monoisotopic (exact) mass is 269 g/mol. The fourth-order valence-corrected chi connectivity index (χ4v) is 4.27. The number of rotatable bonds is 8. The van der Waals surface area contributed by atoms with Gasteiger partial charge in [-0.25, -0.2) is 0 Å². The predicted octanol–water partition coefficient (Wildman–Crippen LogP) is 4.25. The van der Waals surface area contributed by atoms with Crippen LogP contribution in [0.4, 0.5) is 0 Å². The lowest BCUT2D eigenvalue weighted by molar-refractivity contribution is -0.117. The molecule has 1 saturated carbocycles. The van der Waals surface area contributed by atoms with Crippen LogP contribution in [0.2, 0.25) is 0 Å². The third-order valence-corrected chi connectivity index (χ3v) is 5.46. The summed E-state index contributed by atoms with van der Waals surface area (Å²) in [7, 11) is 0. The first-order chi connectivity index (χ1) is 9.07. The van der Waals surface area contributed by atoms with Crippen LogP contribution >= 0.6 is 0 Å². The lowest BCUT2D eigenvalue weighted by atomic mass is 9.58. The molecule has 0 unspecified atom stereocenters. The van der Waals surface area contributed by atoms with Crippen molar-refractivity contribution in [3.05, 3.63) is 0 Å². The highest BCUT2D eigenvalue weighted by Crippen LogP contribution is 2.50. The Kier molecular flexibility index (Phi) is 6.82. The Hall–Kier alpha value is -0.0800. The van der Waals surface area contributed by atoms with Gasteiger partial charge in [-0.15, -0.1) is 0 Å². The molecule has 0 spiro atoms. The summed E-state index contributed by atoms with van der Waals surface area (Å²) in [6.07, 6.45) is 11.4. The number of hydrogen-bond acceptors (Lipinski definition) is 2. The summed E-state index contributed by atoms with van der Waals surface area (Å²) in [5.41, 5.74) is 5.61. The van der Waals surface area contributed by atoms with Crippen LogP contribution in [-0.2, 0) is 0 Å². The van der Waals surface area contributed by atoms with E-state index in [9.17, 15) is 5.11 Å². The molecular formula is C17H35NO. The average molecular weight is 269 g/mol. The van der Waals surface area contributed by atoms with Gasteiger partial charge in [0.1, 0.15) is 0 Å². The molecule has 0 aromatic heterocycles. The topological polar surface area (TPSA) is 46.2 Å². The number of nitrogens with two attached hydrogens (primary N) is 1. The van der Waals surface area contributed by atoms with E-state index in [0.29, 0.717) is 6.54 Å². The molecule has 0 atom stereocenters. The molecule has 1 rings (SSSR count). The normalized spacial score (nSPS) is 28.6. The third-order valence-electron chi connectivity index (χ3n) is 5.46. The molecule has 1 aliphatic rings. The zero-order valence-corrected chi connectivity index (χ0v) is 13.4. The molecule has 2 nitrogen and oxygen atoms in total. The molecule has 0 aliphatic heterocycles. The molecular weight excluding hydrogens is 234 g/mol. The van der Waals surface area contributed by atoms with E-state index in [2.05, 4.69) is 20.8 Å². The molecule has 0 radical (unpaired) electrons. The van der Waals surface area contributed by atoms with Crippen LogP contribution in [0.5, 0.6) is 0 Å². The van der Waals surface area contributed by atoms with E-state index in [-0.39, 0.29) is 5.41 Å². The van der Waals surface area contributed by atoms with E-state index in [1.165, 1.54) is 25.7 Å². The summed E-state index contributed by atoms with van der Waals surface area (Å²) in [5.74, 6) is 0.872. The minimum atomic E-state index is -0.525. The Bertz CT molecular complexity index is 238. The van der Waals surface area contributed by atoms with Crippen LogP contribution in [0.15, 0.2) is 0 Å². The van der Waals surface area contributed by atoms with Crippen molar-refractivity contribution in [1.29, 1.82) is 0 Å². The van der Waals surface area contributed by atoms with Crippen LogP contribution < -0.4 is 5.73 Å². The summed E-state index contributed by atoms with van der Waals surface area (Å²) >= 11 is 0. The van der Waals surface area contributed by atoms with Crippen LogP contribution in [0.1, 0.15) is 85.0 Å². The van der Waals surface area contributed by atoms with Crippen molar-refractivity contribution >= 4 is 0 Å². The molecule has 1 aliphatic carbocycles. The van der Waals surface area contributed by atoms with Gasteiger partial charge in [0.05, 0.1) is 5.60 Å². The lowest BCUT2D eigenvalue weighted by Gasteiger charge is -2.51. The van der Waals surface area contributed by atoms with Crippen molar-refractivity contribution in [2.24, 2.45) is 17.1 Å². The molecule has 3 N–H and O–H groups in total. The second-order valence-electron chi connectivity index (χ2n) is 6.75. The summed E-state index contributed by atoms with van der Waals surface area (Å²) < 4.78 is 0. The maximum Gasteiger partial charge on any atom is 0.0715 e. The number of aliphatic hydroxyl groups is 1. The Morgan fingerprint density at radius 2 is 1.58 bits per heavy atom. The molecule has 19 heavy (non-hydrogen) atoms. The van der Waals surface area contributed by atoms with Crippen molar-refractivity contribution in [3.8, 4) is 0 Å². The van der Waals surface area contributed by atoms with Crippen LogP contribution in [0, 0.1) is 11.3 Å². The Balaban J connectivity index is 2.79. The molecule has 1 fully saturated rings. The SMILES string of the molecule is CCCC1CCC(CN)(C(O)(CCC)CCC)CC1. The van der Waals surface area contributed by atoms with Gasteiger partial charge >= 0.3 is 0 Å². The first-order valence-electron chi connectivity index (χ1n) is 8.50. The molecule has 114 valence electrons. The Morgan fingerprint density at radius 3 is 1.95 bits per heavy atom. The maximum absolute atomic E-state index is 11.2. The summed E-state index contributed by atoms with van der Waals surface area (Å²) in [6.45, 7) is 7.28. The van der Waals surface area contributed by atoms with Gasteiger partial charge in [-0.05, 0) is 44.4 Å². The first kappa shape index (κ1) is 17.0. The fourth-order valence-electron chi connectivity index (χ4n) is 4.27. The van der Waals surface area contributed by atoms with Gasteiger partial charge in [0.25, 0.3) is 0 Å². The van der Waals surface area contributed by atoms with Gasteiger partial charge in [0.2, 0.25) is 0 Å². The molecule has 2 heteroatoms. The van der Waals surface area contributed by atoms with E-state index in [4.69, 9.17) is 5.73 Å². The minimum absolute atomic E-state index is 0.0107. The highest BCUT2D eigenvalue weighted by Gasteiger charge is 2.49. The molecule has 0 aromatic rings. The quantitative estimate of drug-likeness (QED) is 0.692. The van der Waals surface area contributed by atoms with Crippen LogP contribution in [-0.4, -0.2) is 17.3 Å². The van der Waals surface area contributed by atoms with Gasteiger partial charge in [-0.3, -0.25) is 0 Å². The van der Waals surface area contributed by atoms with Gasteiger partial charge in [-0.2, -0.15) is 0 Å². The zero-order chi connectivity index (χ0) is 14.4. The molecule has 0 amide bonds. The third kappa shape index (κ3) is 3.72. The van der Waals surface area contributed by atoms with E-state index in [0.717, 1.165) is 44.4 Å². The second kappa shape index (κ2) is 7.64. The first-order valence-corrected chi connectivity index (χ1v) is 8.50. The van der Waals surface area contributed by atoms with Crippen molar-refractivity contribution in [3.63, 3.8) is 0 Å². The minimum Gasteiger partial charge on any atom is -0.389 e. The zero-order valence-electron chi connectivity index (χ0n) is 13.4. The van der Waals surface area contributed by atoms with Crippen LogP contribution in [0.3, 0.4) is 0 Å². The summed E-state index contributed by atoms with van der Waals surface area (Å²) in [5, 5.41) is 11.2. The van der Waals surface area contributed by atoms with E-state index in [1.807, 2.05) is 0 Å². The highest BCUT2D eigenvalue weighted by molar-refractivity contribution is 5.01. The van der Waals surface area contributed by atoms with Crippen molar-refractivity contribution in [2.45, 2.75) is 90.6 Å². The molecule has 0 bridgehead atoms. The van der Waals surface area contributed by atoms with E-state index in [1.54, 1.807) is 0 Å². The Morgan fingerprint density at radius 1 is 1.05 bits per heavy atom. The van der Waals surface area contributed by atoms with E-state index < -0.39 is 5.60 Å². The molecule has 0 heterocycles. The molecule has 0 saturated heterocycles. The second-order valence-corrected chi connectivity index (χ2v) is 6.75. The summed E-state index contributed by atoms with van der Waals surface area (Å²) in [4.78, 5) is 0. The fraction of sp³-hybridized carbons (Fsp3) is 1.00. The maximum atomic E-state index is 11.2. The van der Waals surface area contributed by atoms with Crippen molar-refractivity contribution in [1.82, 2.24) is 0 Å².